The molecule has 0 radical (unpaired) electrons. The summed E-state index contributed by atoms with van der Waals surface area (Å²) in [6.07, 6.45) is -0.776. The van der Waals surface area contributed by atoms with Gasteiger partial charge >= 0.3 is 29.6 Å². The molecule has 1 aromatic carbocycles. The number of ether oxygens (including phenoxy) is 1. The summed E-state index contributed by atoms with van der Waals surface area (Å²) in [5.41, 5.74) is 0.511. The van der Waals surface area contributed by atoms with Gasteiger partial charge in [-0.3, -0.25) is 0 Å². The summed E-state index contributed by atoms with van der Waals surface area (Å²) >= 11 is 0. The fourth-order valence-electron chi connectivity index (χ4n) is 1.38. The van der Waals surface area contributed by atoms with E-state index >= 15 is 0 Å². The molecule has 19 heavy (non-hydrogen) atoms. The Labute approximate surface area is 134 Å². The van der Waals surface area contributed by atoms with Crippen LogP contribution in [-0.4, -0.2) is 38.8 Å². The van der Waals surface area contributed by atoms with E-state index in [-0.39, 0.29) is 41.1 Å². The molecule has 9 heteroatoms. The van der Waals surface area contributed by atoms with Crippen LogP contribution in [0.1, 0.15) is 11.7 Å². The smallest absolute Gasteiger partial charge is 0.716 e. The zero-order valence-electron chi connectivity index (χ0n) is 10.9. The van der Waals surface area contributed by atoms with E-state index in [9.17, 15) is 18.1 Å². The Morgan fingerprint density at radius 3 is 2.53 bits per heavy atom. The zero-order valence-corrected chi connectivity index (χ0v) is 13.7. The molecule has 1 rings (SSSR count). The van der Waals surface area contributed by atoms with Crippen molar-refractivity contribution in [3.8, 4) is 11.5 Å². The summed E-state index contributed by atoms with van der Waals surface area (Å²) in [6.45, 7) is 0.323. The van der Waals surface area contributed by atoms with Gasteiger partial charge in [0.05, 0.1) is 13.2 Å². The van der Waals surface area contributed by atoms with Crippen molar-refractivity contribution < 1.29 is 56.6 Å². The Balaban J connectivity index is 0.00000324. The van der Waals surface area contributed by atoms with E-state index in [1.807, 2.05) is 0 Å². The Kier molecular flexibility index (Phi) is 7.90. The van der Waals surface area contributed by atoms with Crippen LogP contribution in [0.15, 0.2) is 18.2 Å². The molecule has 0 amide bonds. The molecule has 0 heterocycles. The van der Waals surface area contributed by atoms with Gasteiger partial charge < -0.3 is 23.9 Å². The normalized spacial score (nSPS) is 12.4. The van der Waals surface area contributed by atoms with Crippen molar-refractivity contribution in [2.24, 2.45) is 0 Å². The predicted octanol–water partition coefficient (Wildman–Crippen LogP) is -3.21. The van der Waals surface area contributed by atoms with Crippen LogP contribution in [-0.2, 0) is 10.4 Å². The molecule has 0 aliphatic carbocycles. The topological polar surface area (TPSA) is 108 Å². The average molecular weight is 299 g/mol. The standard InChI is InChI=1S/C10H15NO6S.Na/c1-11-6-8(12)7-3-4-9(10(5-7)16-2)17-18(13,14)15;/h3-5,8,11-12H,6H2,1-2H3,(H,13,14,15);/q;+1/p-1. The molecule has 0 aliphatic heterocycles. The van der Waals surface area contributed by atoms with Gasteiger partial charge in [0.25, 0.3) is 10.4 Å². The van der Waals surface area contributed by atoms with E-state index in [0.717, 1.165) is 0 Å². The van der Waals surface area contributed by atoms with Gasteiger partial charge in [-0.2, -0.15) is 0 Å². The molecule has 0 saturated carbocycles. The number of rotatable bonds is 6. The Morgan fingerprint density at radius 1 is 1.42 bits per heavy atom. The van der Waals surface area contributed by atoms with Gasteiger partial charge in [0.2, 0.25) is 0 Å². The number of hydrogen-bond acceptors (Lipinski definition) is 7. The first-order valence-corrected chi connectivity index (χ1v) is 6.36. The fraction of sp³-hybridized carbons (Fsp3) is 0.400. The molecule has 0 fully saturated rings. The number of nitrogens with one attached hydrogen (secondary N) is 1. The SMILES string of the molecule is CNCC(O)c1ccc(OS(=O)(=O)[O-])c(OC)c1.[Na+]. The van der Waals surface area contributed by atoms with Crippen LogP contribution in [0.3, 0.4) is 0 Å². The minimum atomic E-state index is -4.86. The van der Waals surface area contributed by atoms with Crippen molar-refractivity contribution in [2.75, 3.05) is 20.7 Å². The van der Waals surface area contributed by atoms with Crippen LogP contribution in [0.4, 0.5) is 0 Å². The number of methoxy groups -OCH3 is 1. The van der Waals surface area contributed by atoms with E-state index < -0.39 is 16.5 Å². The van der Waals surface area contributed by atoms with Crippen molar-refractivity contribution in [1.82, 2.24) is 5.32 Å². The van der Waals surface area contributed by atoms with Gasteiger partial charge in [0, 0.05) is 6.54 Å². The van der Waals surface area contributed by atoms with Crippen LogP contribution in [0.2, 0.25) is 0 Å². The molecule has 0 aromatic heterocycles. The van der Waals surface area contributed by atoms with E-state index in [1.165, 1.54) is 25.3 Å². The summed E-state index contributed by atoms with van der Waals surface area (Å²) in [4.78, 5) is 0. The van der Waals surface area contributed by atoms with Crippen LogP contribution < -0.4 is 43.8 Å². The second-order valence-electron chi connectivity index (χ2n) is 3.48. The molecule has 0 bridgehead atoms. The van der Waals surface area contributed by atoms with Gasteiger partial charge in [-0.15, -0.1) is 0 Å². The number of aliphatic hydroxyl groups excluding tert-OH is 1. The summed E-state index contributed by atoms with van der Waals surface area (Å²) < 4.78 is 40.6. The molecule has 1 unspecified atom stereocenters. The Bertz CT molecular complexity index is 507. The molecule has 0 saturated heterocycles. The maximum Gasteiger partial charge on any atom is 1.00 e. The second kappa shape index (κ2) is 8.05. The van der Waals surface area contributed by atoms with E-state index in [0.29, 0.717) is 12.1 Å². The minimum absolute atomic E-state index is 0. The summed E-state index contributed by atoms with van der Waals surface area (Å²) in [5.74, 6) is -0.157. The third-order valence-electron chi connectivity index (χ3n) is 2.16. The summed E-state index contributed by atoms with van der Waals surface area (Å²) in [7, 11) is -1.88. The quantitative estimate of drug-likeness (QED) is 0.323. The first kappa shape index (κ1) is 18.7. The number of hydrogen-bond donors (Lipinski definition) is 2. The average Bonchev–Trinajstić information content (AvgIpc) is 2.27. The zero-order chi connectivity index (χ0) is 13.8. The van der Waals surface area contributed by atoms with Crippen molar-refractivity contribution in [1.29, 1.82) is 0 Å². The molecular weight excluding hydrogens is 285 g/mol. The minimum Gasteiger partial charge on any atom is -0.716 e. The van der Waals surface area contributed by atoms with E-state index in [4.69, 9.17) is 4.74 Å². The second-order valence-corrected chi connectivity index (χ2v) is 4.46. The number of aliphatic hydroxyl groups is 1. The molecule has 0 spiro atoms. The third kappa shape index (κ3) is 6.09. The van der Waals surface area contributed by atoms with Gasteiger partial charge in [-0.25, -0.2) is 8.42 Å². The number of likely N-dealkylation sites (N-methyl/N-ethyl adjacent to an activating group) is 1. The fourth-order valence-corrected chi connectivity index (χ4v) is 1.74. The monoisotopic (exact) mass is 299 g/mol. The maximum absolute atomic E-state index is 10.5. The van der Waals surface area contributed by atoms with E-state index in [2.05, 4.69) is 9.50 Å². The van der Waals surface area contributed by atoms with E-state index in [1.54, 1.807) is 7.05 Å². The molecule has 102 valence electrons. The van der Waals surface area contributed by atoms with Crippen molar-refractivity contribution in [3.63, 3.8) is 0 Å². The first-order valence-electron chi connectivity index (χ1n) is 5.03. The predicted molar refractivity (Wildman–Crippen MR) is 62.2 cm³/mol. The van der Waals surface area contributed by atoms with Crippen LogP contribution in [0.25, 0.3) is 0 Å². The molecule has 2 N–H and O–H groups in total. The molecule has 1 atom stereocenters. The molecule has 7 nitrogen and oxygen atoms in total. The van der Waals surface area contributed by atoms with Crippen LogP contribution >= 0.6 is 0 Å². The summed E-state index contributed by atoms with van der Waals surface area (Å²) in [5, 5.41) is 12.5. The van der Waals surface area contributed by atoms with Gasteiger partial charge in [0.1, 0.15) is 0 Å². The number of benzene rings is 1. The van der Waals surface area contributed by atoms with Crippen LogP contribution in [0.5, 0.6) is 11.5 Å². The molecule has 1 aromatic rings. The van der Waals surface area contributed by atoms with Gasteiger partial charge in [-0.05, 0) is 24.7 Å². The van der Waals surface area contributed by atoms with Gasteiger partial charge in [-0.1, -0.05) is 6.07 Å². The van der Waals surface area contributed by atoms with Crippen LogP contribution in [0, 0.1) is 0 Å². The third-order valence-corrected chi connectivity index (χ3v) is 2.55. The Morgan fingerprint density at radius 2 is 2.05 bits per heavy atom. The summed E-state index contributed by atoms with van der Waals surface area (Å²) in [6, 6.07) is 4.11. The first-order chi connectivity index (χ1) is 8.37. The molecule has 0 aliphatic rings. The van der Waals surface area contributed by atoms with Gasteiger partial charge in [0.15, 0.2) is 11.5 Å². The van der Waals surface area contributed by atoms with Crippen molar-refractivity contribution in [3.05, 3.63) is 23.8 Å². The van der Waals surface area contributed by atoms with Crippen molar-refractivity contribution >= 4 is 10.4 Å². The molecular formula is C10H14NNaO6S. The maximum atomic E-state index is 10.5. The van der Waals surface area contributed by atoms with Crippen molar-refractivity contribution in [2.45, 2.75) is 6.10 Å². The largest absolute Gasteiger partial charge is 1.00 e. The Hall–Kier alpha value is -0.350.